The van der Waals surface area contributed by atoms with Gasteiger partial charge >= 0.3 is 5.97 Å². The van der Waals surface area contributed by atoms with Gasteiger partial charge in [0.15, 0.2) is 5.69 Å². The first-order valence-electron chi connectivity index (χ1n) is 5.46. The number of nitrogens with zero attached hydrogens (tertiary/aromatic N) is 3. The Kier molecular flexibility index (Phi) is 3.34. The van der Waals surface area contributed by atoms with Crippen LogP contribution in [0.3, 0.4) is 0 Å². The number of carbonyl (C=O) groups is 1. The van der Waals surface area contributed by atoms with Crippen LogP contribution in [0.5, 0.6) is 0 Å². The first-order valence-corrected chi connectivity index (χ1v) is 5.84. The number of para-hydroxylation sites is 1. The summed E-state index contributed by atoms with van der Waals surface area (Å²) in [4.78, 5) is 11.1. The molecule has 0 aliphatic heterocycles. The molecule has 0 aliphatic carbocycles. The van der Waals surface area contributed by atoms with Crippen LogP contribution in [-0.2, 0) is 0 Å². The van der Waals surface area contributed by atoms with Crippen molar-refractivity contribution >= 4 is 17.6 Å². The molecule has 1 heterocycles. The molecular formula is C12H12ClN3O2. The van der Waals surface area contributed by atoms with E-state index in [9.17, 15) is 4.79 Å². The second-order valence-corrected chi connectivity index (χ2v) is 4.55. The molecule has 0 spiro atoms. The van der Waals surface area contributed by atoms with Crippen molar-refractivity contribution in [2.75, 3.05) is 0 Å². The topological polar surface area (TPSA) is 68.0 Å². The van der Waals surface area contributed by atoms with E-state index in [1.165, 1.54) is 4.68 Å². The Morgan fingerprint density at radius 3 is 2.61 bits per heavy atom. The maximum absolute atomic E-state index is 11.1. The number of hydrogen-bond acceptors (Lipinski definition) is 3. The summed E-state index contributed by atoms with van der Waals surface area (Å²) in [5.41, 5.74) is 1.13. The molecule has 0 unspecified atom stereocenters. The SMILES string of the molecule is CC(C)c1c(C(=O)O)nnn1-c1ccccc1Cl. The molecule has 0 fully saturated rings. The number of rotatable bonds is 3. The van der Waals surface area contributed by atoms with Crippen molar-refractivity contribution in [3.63, 3.8) is 0 Å². The Morgan fingerprint density at radius 2 is 2.06 bits per heavy atom. The minimum atomic E-state index is -1.09. The van der Waals surface area contributed by atoms with E-state index in [-0.39, 0.29) is 11.6 Å². The second-order valence-electron chi connectivity index (χ2n) is 4.15. The van der Waals surface area contributed by atoms with Crippen molar-refractivity contribution in [2.24, 2.45) is 0 Å². The zero-order valence-corrected chi connectivity index (χ0v) is 10.7. The average Bonchev–Trinajstić information content (AvgIpc) is 2.74. The number of carboxylic acids is 1. The summed E-state index contributed by atoms with van der Waals surface area (Å²) in [6.45, 7) is 3.77. The van der Waals surface area contributed by atoms with Crippen LogP contribution in [0.25, 0.3) is 5.69 Å². The summed E-state index contributed by atoms with van der Waals surface area (Å²) in [5, 5.41) is 17.2. The van der Waals surface area contributed by atoms with Crippen LogP contribution in [0.1, 0.15) is 35.9 Å². The zero-order chi connectivity index (χ0) is 13.3. The monoisotopic (exact) mass is 265 g/mol. The summed E-state index contributed by atoms with van der Waals surface area (Å²) in [5.74, 6) is -1.11. The Balaban J connectivity index is 2.66. The zero-order valence-electron chi connectivity index (χ0n) is 9.96. The Hall–Kier alpha value is -1.88. The van der Waals surface area contributed by atoms with Crippen molar-refractivity contribution in [1.82, 2.24) is 15.0 Å². The summed E-state index contributed by atoms with van der Waals surface area (Å²) in [7, 11) is 0. The lowest BCUT2D eigenvalue weighted by molar-refractivity contribution is 0.0688. The molecule has 2 aromatic rings. The van der Waals surface area contributed by atoms with Crippen molar-refractivity contribution in [3.05, 3.63) is 40.7 Å². The largest absolute Gasteiger partial charge is 0.476 e. The van der Waals surface area contributed by atoms with E-state index >= 15 is 0 Å². The molecular weight excluding hydrogens is 254 g/mol. The lowest BCUT2D eigenvalue weighted by Gasteiger charge is -2.10. The van der Waals surface area contributed by atoms with Crippen LogP contribution in [0, 0.1) is 0 Å². The predicted octanol–water partition coefficient (Wildman–Crippen LogP) is 2.74. The van der Waals surface area contributed by atoms with Crippen LogP contribution >= 0.6 is 11.6 Å². The molecule has 0 saturated heterocycles. The smallest absolute Gasteiger partial charge is 0.358 e. The normalized spacial score (nSPS) is 10.9. The molecule has 0 radical (unpaired) electrons. The highest BCUT2D eigenvalue weighted by atomic mass is 35.5. The highest BCUT2D eigenvalue weighted by Crippen LogP contribution is 2.25. The highest BCUT2D eigenvalue weighted by molar-refractivity contribution is 6.32. The highest BCUT2D eigenvalue weighted by Gasteiger charge is 2.22. The Bertz CT molecular complexity index is 593. The predicted molar refractivity (Wildman–Crippen MR) is 67.4 cm³/mol. The molecule has 5 nitrogen and oxygen atoms in total. The van der Waals surface area contributed by atoms with Gasteiger partial charge in [0.1, 0.15) is 0 Å². The van der Waals surface area contributed by atoms with Gasteiger partial charge in [0.25, 0.3) is 0 Å². The minimum Gasteiger partial charge on any atom is -0.476 e. The van der Waals surface area contributed by atoms with E-state index < -0.39 is 5.97 Å². The fourth-order valence-corrected chi connectivity index (χ4v) is 1.98. The van der Waals surface area contributed by atoms with E-state index in [0.29, 0.717) is 16.4 Å². The van der Waals surface area contributed by atoms with Gasteiger partial charge in [-0.05, 0) is 18.1 Å². The van der Waals surface area contributed by atoms with Gasteiger partial charge < -0.3 is 5.11 Å². The summed E-state index contributed by atoms with van der Waals surface area (Å²) >= 11 is 6.09. The molecule has 94 valence electrons. The molecule has 0 atom stereocenters. The molecule has 18 heavy (non-hydrogen) atoms. The fourth-order valence-electron chi connectivity index (χ4n) is 1.76. The van der Waals surface area contributed by atoms with E-state index in [2.05, 4.69) is 10.3 Å². The number of halogens is 1. The molecule has 0 saturated carbocycles. The van der Waals surface area contributed by atoms with Crippen LogP contribution < -0.4 is 0 Å². The van der Waals surface area contributed by atoms with Gasteiger partial charge in [-0.25, -0.2) is 9.48 Å². The van der Waals surface area contributed by atoms with Crippen molar-refractivity contribution in [1.29, 1.82) is 0 Å². The summed E-state index contributed by atoms with van der Waals surface area (Å²) in [6.07, 6.45) is 0. The standard InChI is InChI=1S/C12H12ClN3O2/c1-7(2)11-10(12(17)18)14-15-16(11)9-6-4-3-5-8(9)13/h3-7H,1-2H3,(H,17,18). The van der Waals surface area contributed by atoms with Gasteiger partial charge in [0, 0.05) is 0 Å². The molecule has 1 N–H and O–H groups in total. The fraction of sp³-hybridized carbons (Fsp3) is 0.250. The molecule has 6 heteroatoms. The van der Waals surface area contributed by atoms with E-state index in [1.807, 2.05) is 19.9 Å². The number of aromatic nitrogens is 3. The number of carboxylic acid groups (broad SMARTS) is 1. The molecule has 1 aromatic heterocycles. The van der Waals surface area contributed by atoms with E-state index in [0.717, 1.165) is 0 Å². The van der Waals surface area contributed by atoms with Crippen molar-refractivity contribution in [2.45, 2.75) is 19.8 Å². The average molecular weight is 266 g/mol. The van der Waals surface area contributed by atoms with Gasteiger partial charge in [-0.1, -0.05) is 42.8 Å². The van der Waals surface area contributed by atoms with Gasteiger partial charge in [0.05, 0.1) is 16.4 Å². The third-order valence-electron chi connectivity index (χ3n) is 2.54. The molecule has 2 rings (SSSR count). The first-order chi connectivity index (χ1) is 8.52. The van der Waals surface area contributed by atoms with Crippen molar-refractivity contribution in [3.8, 4) is 5.69 Å². The quantitative estimate of drug-likeness (QED) is 0.926. The maximum Gasteiger partial charge on any atom is 0.358 e. The van der Waals surface area contributed by atoms with Crippen molar-refractivity contribution < 1.29 is 9.90 Å². The maximum atomic E-state index is 11.1. The van der Waals surface area contributed by atoms with E-state index in [1.54, 1.807) is 18.2 Å². The molecule has 0 bridgehead atoms. The minimum absolute atomic E-state index is 0.0256. The van der Waals surface area contributed by atoms with Crippen LogP contribution in [0.4, 0.5) is 0 Å². The molecule has 0 aliphatic rings. The molecule has 0 amide bonds. The number of hydrogen-bond donors (Lipinski definition) is 1. The molecule has 1 aromatic carbocycles. The van der Waals surface area contributed by atoms with Gasteiger partial charge in [0.2, 0.25) is 0 Å². The van der Waals surface area contributed by atoms with Gasteiger partial charge in [-0.15, -0.1) is 5.10 Å². The van der Waals surface area contributed by atoms with Gasteiger partial charge in [-0.2, -0.15) is 0 Å². The summed E-state index contributed by atoms with van der Waals surface area (Å²) in [6, 6.07) is 7.11. The lowest BCUT2D eigenvalue weighted by atomic mass is 10.1. The number of benzene rings is 1. The van der Waals surface area contributed by atoms with Gasteiger partial charge in [-0.3, -0.25) is 0 Å². The van der Waals surface area contributed by atoms with E-state index in [4.69, 9.17) is 16.7 Å². The summed E-state index contributed by atoms with van der Waals surface area (Å²) < 4.78 is 1.48. The van der Waals surface area contributed by atoms with Crippen LogP contribution in [0.15, 0.2) is 24.3 Å². The lowest BCUT2D eigenvalue weighted by Crippen LogP contribution is -2.08. The van der Waals surface area contributed by atoms with Crippen LogP contribution in [-0.4, -0.2) is 26.1 Å². The third kappa shape index (κ3) is 2.09. The first kappa shape index (κ1) is 12.6. The Labute approximate surface area is 109 Å². The second kappa shape index (κ2) is 4.78. The Morgan fingerprint density at radius 1 is 1.39 bits per heavy atom. The number of aromatic carboxylic acids is 1. The third-order valence-corrected chi connectivity index (χ3v) is 2.85. The van der Waals surface area contributed by atoms with Crippen LogP contribution in [0.2, 0.25) is 5.02 Å².